The Labute approximate surface area is 96.6 Å². The molecule has 1 aromatic heterocycles. The van der Waals surface area contributed by atoms with Gasteiger partial charge < -0.3 is 5.32 Å². The molecule has 0 fully saturated rings. The third kappa shape index (κ3) is 3.92. The van der Waals surface area contributed by atoms with Crippen molar-refractivity contribution in [1.82, 2.24) is 4.98 Å². The Hall–Kier alpha value is -0.910. The largest absolute Gasteiger partial charge is 0.433 e. The molecule has 0 aromatic carbocycles. The Morgan fingerprint density at radius 2 is 2.12 bits per heavy atom. The van der Waals surface area contributed by atoms with Gasteiger partial charge in [-0.05, 0) is 25.3 Å². The molecule has 0 bridgehead atoms. The zero-order valence-electron chi connectivity index (χ0n) is 9.01. The second-order valence-corrected chi connectivity index (χ2v) is 4.32. The predicted molar refractivity (Wildman–Crippen MR) is 60.7 cm³/mol. The van der Waals surface area contributed by atoms with Gasteiger partial charge in [0.15, 0.2) is 0 Å². The molecule has 0 amide bonds. The van der Waals surface area contributed by atoms with Crippen LogP contribution in [0.15, 0.2) is 18.2 Å². The first-order valence-corrected chi connectivity index (χ1v) is 6.12. The number of thioether (sulfide) groups is 1. The maximum Gasteiger partial charge on any atom is 0.433 e. The average molecular weight is 250 g/mol. The van der Waals surface area contributed by atoms with Gasteiger partial charge in [0.05, 0.1) is 0 Å². The monoisotopic (exact) mass is 250 g/mol. The van der Waals surface area contributed by atoms with E-state index in [1.807, 2.05) is 13.2 Å². The van der Waals surface area contributed by atoms with Crippen molar-refractivity contribution < 1.29 is 13.2 Å². The van der Waals surface area contributed by atoms with E-state index in [0.717, 1.165) is 11.8 Å². The van der Waals surface area contributed by atoms with Crippen LogP contribution in [0.2, 0.25) is 0 Å². The minimum Gasteiger partial charge on any atom is -0.367 e. The minimum atomic E-state index is -4.39. The molecule has 1 unspecified atom stereocenters. The van der Waals surface area contributed by atoms with Crippen LogP contribution in [0.25, 0.3) is 0 Å². The highest BCUT2D eigenvalue weighted by Crippen LogP contribution is 2.28. The minimum absolute atomic E-state index is 0.0889. The third-order valence-corrected chi connectivity index (χ3v) is 2.68. The molecule has 1 atom stereocenters. The molecular weight excluding hydrogens is 237 g/mol. The molecule has 0 spiro atoms. The first kappa shape index (κ1) is 13.2. The topological polar surface area (TPSA) is 24.9 Å². The summed E-state index contributed by atoms with van der Waals surface area (Å²) >= 11 is 1.63. The summed E-state index contributed by atoms with van der Waals surface area (Å²) in [7, 11) is 0. The average Bonchev–Trinajstić information content (AvgIpc) is 2.17. The van der Waals surface area contributed by atoms with Crippen LogP contribution in [-0.2, 0) is 6.18 Å². The Morgan fingerprint density at radius 3 is 2.69 bits per heavy atom. The zero-order chi connectivity index (χ0) is 12.2. The van der Waals surface area contributed by atoms with Crippen molar-refractivity contribution >= 4 is 17.6 Å². The molecule has 0 aliphatic rings. The molecule has 0 aliphatic heterocycles. The van der Waals surface area contributed by atoms with Gasteiger partial charge in [-0.1, -0.05) is 6.07 Å². The zero-order valence-corrected chi connectivity index (χ0v) is 9.82. The van der Waals surface area contributed by atoms with Crippen molar-refractivity contribution in [1.29, 1.82) is 0 Å². The van der Waals surface area contributed by atoms with Crippen LogP contribution in [0.4, 0.5) is 19.0 Å². The van der Waals surface area contributed by atoms with Crippen molar-refractivity contribution in [3.8, 4) is 0 Å². The molecule has 0 radical (unpaired) electrons. The van der Waals surface area contributed by atoms with E-state index in [2.05, 4.69) is 10.3 Å². The summed E-state index contributed by atoms with van der Waals surface area (Å²) in [4.78, 5) is 3.52. The SMILES string of the molecule is CSCC(C)Nc1cccc(C(F)(F)F)n1. The van der Waals surface area contributed by atoms with E-state index >= 15 is 0 Å². The molecule has 1 heterocycles. The number of alkyl halides is 3. The van der Waals surface area contributed by atoms with Crippen LogP contribution in [0, 0.1) is 0 Å². The van der Waals surface area contributed by atoms with E-state index in [4.69, 9.17) is 0 Å². The van der Waals surface area contributed by atoms with Crippen LogP contribution in [-0.4, -0.2) is 23.0 Å². The normalized spacial score (nSPS) is 13.6. The lowest BCUT2D eigenvalue weighted by molar-refractivity contribution is -0.141. The summed E-state index contributed by atoms with van der Waals surface area (Å²) in [6, 6.07) is 3.94. The summed E-state index contributed by atoms with van der Waals surface area (Å²) in [5.74, 6) is 1.08. The fourth-order valence-corrected chi connectivity index (χ4v) is 1.80. The maximum atomic E-state index is 12.4. The van der Waals surface area contributed by atoms with Crippen molar-refractivity contribution in [2.75, 3.05) is 17.3 Å². The summed E-state index contributed by atoms with van der Waals surface area (Å²) in [6.07, 6.45) is -2.45. The van der Waals surface area contributed by atoms with Gasteiger partial charge in [-0.3, -0.25) is 0 Å². The number of halogens is 3. The number of anilines is 1. The number of hydrogen-bond donors (Lipinski definition) is 1. The van der Waals surface area contributed by atoms with Gasteiger partial charge in [0.25, 0.3) is 0 Å². The summed E-state index contributed by atoms with van der Waals surface area (Å²) < 4.78 is 37.1. The van der Waals surface area contributed by atoms with Gasteiger partial charge in [-0.25, -0.2) is 4.98 Å². The first-order chi connectivity index (χ1) is 7.43. The highest BCUT2D eigenvalue weighted by Gasteiger charge is 2.32. The molecule has 2 nitrogen and oxygen atoms in total. The summed E-state index contributed by atoms with van der Waals surface area (Å²) in [6.45, 7) is 1.90. The van der Waals surface area contributed by atoms with Gasteiger partial charge in [-0.15, -0.1) is 0 Å². The number of hydrogen-bond acceptors (Lipinski definition) is 3. The lowest BCUT2D eigenvalue weighted by atomic mass is 10.3. The highest BCUT2D eigenvalue weighted by molar-refractivity contribution is 7.98. The summed E-state index contributed by atoms with van der Waals surface area (Å²) in [5.41, 5.74) is -0.867. The van der Waals surface area contributed by atoms with Crippen molar-refractivity contribution in [3.05, 3.63) is 23.9 Å². The Morgan fingerprint density at radius 1 is 1.44 bits per heavy atom. The number of nitrogens with zero attached hydrogens (tertiary/aromatic N) is 1. The first-order valence-electron chi connectivity index (χ1n) is 4.73. The number of aromatic nitrogens is 1. The number of pyridine rings is 1. The van der Waals surface area contributed by atoms with Crippen LogP contribution < -0.4 is 5.32 Å². The van der Waals surface area contributed by atoms with Crippen LogP contribution in [0.1, 0.15) is 12.6 Å². The third-order valence-electron chi connectivity index (χ3n) is 1.85. The van der Waals surface area contributed by atoms with Crippen molar-refractivity contribution in [2.24, 2.45) is 0 Å². The molecular formula is C10H13F3N2S. The van der Waals surface area contributed by atoms with Gasteiger partial charge in [0.1, 0.15) is 11.5 Å². The highest BCUT2D eigenvalue weighted by atomic mass is 32.2. The van der Waals surface area contributed by atoms with Gasteiger partial charge in [-0.2, -0.15) is 24.9 Å². The molecule has 1 rings (SSSR count). The van der Waals surface area contributed by atoms with E-state index in [0.29, 0.717) is 0 Å². The molecule has 0 aliphatic carbocycles. The van der Waals surface area contributed by atoms with Gasteiger partial charge in [0, 0.05) is 11.8 Å². The fourth-order valence-electron chi connectivity index (χ4n) is 1.22. The van der Waals surface area contributed by atoms with Crippen LogP contribution in [0.3, 0.4) is 0 Å². The Balaban J connectivity index is 2.75. The maximum absolute atomic E-state index is 12.4. The molecule has 6 heteroatoms. The lowest BCUT2D eigenvalue weighted by Crippen LogP contribution is -2.19. The fraction of sp³-hybridized carbons (Fsp3) is 0.500. The number of rotatable bonds is 4. The van der Waals surface area contributed by atoms with E-state index in [-0.39, 0.29) is 11.9 Å². The Bertz CT molecular complexity index is 341. The molecule has 1 N–H and O–H groups in total. The standard InChI is InChI=1S/C10H13F3N2S/c1-7(6-16-2)14-9-5-3-4-8(15-9)10(11,12)13/h3-5,7H,6H2,1-2H3,(H,14,15). The van der Waals surface area contributed by atoms with E-state index in [9.17, 15) is 13.2 Å². The van der Waals surface area contributed by atoms with E-state index in [1.54, 1.807) is 11.8 Å². The van der Waals surface area contributed by atoms with E-state index in [1.165, 1.54) is 12.1 Å². The van der Waals surface area contributed by atoms with Gasteiger partial charge in [0.2, 0.25) is 0 Å². The number of nitrogens with one attached hydrogen (secondary N) is 1. The molecule has 0 saturated carbocycles. The molecule has 1 aromatic rings. The summed E-state index contributed by atoms with van der Waals surface area (Å²) in [5, 5.41) is 2.92. The van der Waals surface area contributed by atoms with Crippen molar-refractivity contribution in [3.63, 3.8) is 0 Å². The lowest BCUT2D eigenvalue weighted by Gasteiger charge is -2.14. The Kier molecular flexibility index (Phi) is 4.46. The predicted octanol–water partition coefficient (Wildman–Crippen LogP) is 3.26. The van der Waals surface area contributed by atoms with Crippen LogP contribution in [0.5, 0.6) is 0 Å². The quantitative estimate of drug-likeness (QED) is 0.887. The second kappa shape index (κ2) is 5.43. The van der Waals surface area contributed by atoms with Gasteiger partial charge >= 0.3 is 6.18 Å². The molecule has 0 saturated heterocycles. The van der Waals surface area contributed by atoms with E-state index < -0.39 is 11.9 Å². The van der Waals surface area contributed by atoms with Crippen LogP contribution >= 0.6 is 11.8 Å². The van der Waals surface area contributed by atoms with Crippen molar-refractivity contribution in [2.45, 2.75) is 19.1 Å². The molecule has 16 heavy (non-hydrogen) atoms. The second-order valence-electron chi connectivity index (χ2n) is 3.41. The smallest absolute Gasteiger partial charge is 0.367 e. The molecule has 90 valence electrons.